The lowest BCUT2D eigenvalue weighted by atomic mass is 9.91. The van der Waals surface area contributed by atoms with Crippen molar-refractivity contribution in [1.29, 1.82) is 0 Å². The molecule has 0 unspecified atom stereocenters. The number of amides is 1. The van der Waals surface area contributed by atoms with Gasteiger partial charge in [0.15, 0.2) is 0 Å². The summed E-state index contributed by atoms with van der Waals surface area (Å²) in [6.45, 7) is 0. The summed E-state index contributed by atoms with van der Waals surface area (Å²) < 4.78 is 10.8. The largest absolute Gasteiger partial charge is 0.497 e. The van der Waals surface area contributed by atoms with Crippen LogP contribution in [0.5, 0.6) is 11.5 Å². The van der Waals surface area contributed by atoms with Crippen LogP contribution in [0, 0.1) is 0 Å². The average molecular weight is 361 g/mol. The lowest BCUT2D eigenvalue weighted by Crippen LogP contribution is -2.22. The second-order valence-electron chi connectivity index (χ2n) is 5.90. The Morgan fingerprint density at radius 2 is 1.41 bits per heavy atom. The van der Waals surface area contributed by atoms with E-state index in [0.29, 0.717) is 5.75 Å². The zero-order chi connectivity index (χ0) is 19.2. The number of carbonyl (C=O) groups is 2. The van der Waals surface area contributed by atoms with E-state index in [4.69, 9.17) is 15.2 Å². The van der Waals surface area contributed by atoms with Crippen LogP contribution >= 0.6 is 0 Å². The van der Waals surface area contributed by atoms with E-state index in [-0.39, 0.29) is 11.3 Å². The van der Waals surface area contributed by atoms with Crippen LogP contribution in [0.1, 0.15) is 27.4 Å². The molecule has 2 N–H and O–H groups in total. The normalized spacial score (nSPS) is 10.4. The van der Waals surface area contributed by atoms with E-state index in [9.17, 15) is 9.59 Å². The van der Waals surface area contributed by atoms with Crippen molar-refractivity contribution in [3.8, 4) is 11.5 Å². The molecule has 3 rings (SSSR count). The van der Waals surface area contributed by atoms with Crippen LogP contribution in [0.4, 0.5) is 0 Å². The monoisotopic (exact) mass is 361 g/mol. The average Bonchev–Trinajstić information content (AvgIpc) is 2.69. The Labute approximate surface area is 157 Å². The van der Waals surface area contributed by atoms with Crippen molar-refractivity contribution >= 4 is 11.9 Å². The third-order valence-electron chi connectivity index (χ3n) is 4.17. The van der Waals surface area contributed by atoms with Crippen LogP contribution in [0.25, 0.3) is 0 Å². The lowest BCUT2D eigenvalue weighted by molar-refractivity contribution is -0.135. The molecule has 3 aromatic carbocycles. The van der Waals surface area contributed by atoms with Crippen LogP contribution in [-0.2, 0) is 4.79 Å². The van der Waals surface area contributed by atoms with Crippen LogP contribution in [0.3, 0.4) is 0 Å². The summed E-state index contributed by atoms with van der Waals surface area (Å²) in [7, 11) is 1.49. The number of benzene rings is 3. The van der Waals surface area contributed by atoms with E-state index < -0.39 is 17.8 Å². The van der Waals surface area contributed by atoms with Gasteiger partial charge in [0.2, 0.25) is 0 Å². The molecule has 0 saturated heterocycles. The summed E-state index contributed by atoms with van der Waals surface area (Å²) in [4.78, 5) is 24.8. The molecule has 5 heteroatoms. The molecule has 0 radical (unpaired) electrons. The van der Waals surface area contributed by atoms with Gasteiger partial charge < -0.3 is 15.2 Å². The van der Waals surface area contributed by atoms with Crippen molar-refractivity contribution in [3.05, 3.63) is 95.6 Å². The number of carbonyl (C=O) groups excluding carboxylic acids is 2. The fourth-order valence-corrected chi connectivity index (χ4v) is 2.84. The summed E-state index contributed by atoms with van der Waals surface area (Å²) >= 11 is 0. The SMILES string of the molecule is COc1ccc(C(N)=O)c(OC(=O)C(c2ccccc2)c2ccccc2)c1. The number of ether oxygens (including phenoxy) is 2. The Morgan fingerprint density at radius 1 is 0.852 bits per heavy atom. The summed E-state index contributed by atoms with van der Waals surface area (Å²) in [5, 5.41) is 0. The molecule has 0 fully saturated rings. The minimum absolute atomic E-state index is 0.0729. The van der Waals surface area contributed by atoms with Gasteiger partial charge in [-0.05, 0) is 23.3 Å². The van der Waals surface area contributed by atoms with Crippen molar-refractivity contribution in [1.82, 2.24) is 0 Å². The third kappa shape index (κ3) is 4.15. The minimum atomic E-state index is -0.684. The maximum Gasteiger partial charge on any atom is 0.323 e. The van der Waals surface area contributed by atoms with Gasteiger partial charge in [-0.2, -0.15) is 0 Å². The molecule has 27 heavy (non-hydrogen) atoms. The number of methoxy groups -OCH3 is 1. The van der Waals surface area contributed by atoms with Gasteiger partial charge >= 0.3 is 5.97 Å². The molecule has 0 spiro atoms. The van der Waals surface area contributed by atoms with Gasteiger partial charge in [-0.3, -0.25) is 9.59 Å². The number of primary amides is 1. The highest BCUT2D eigenvalue weighted by Gasteiger charge is 2.26. The van der Waals surface area contributed by atoms with Crippen LogP contribution < -0.4 is 15.2 Å². The highest BCUT2D eigenvalue weighted by Crippen LogP contribution is 2.30. The number of esters is 1. The Bertz CT molecular complexity index is 900. The topological polar surface area (TPSA) is 78.6 Å². The van der Waals surface area contributed by atoms with Crippen LogP contribution in [0.15, 0.2) is 78.9 Å². The van der Waals surface area contributed by atoms with Gasteiger partial charge in [-0.15, -0.1) is 0 Å². The quantitative estimate of drug-likeness (QED) is 0.538. The van der Waals surface area contributed by atoms with Gasteiger partial charge in [-0.1, -0.05) is 60.7 Å². The molecule has 136 valence electrons. The molecular formula is C22H19NO4. The van der Waals surface area contributed by atoms with E-state index >= 15 is 0 Å². The fraction of sp³-hybridized carbons (Fsp3) is 0.0909. The van der Waals surface area contributed by atoms with Crippen molar-refractivity contribution in [2.24, 2.45) is 5.73 Å². The van der Waals surface area contributed by atoms with E-state index in [1.54, 1.807) is 6.07 Å². The van der Waals surface area contributed by atoms with E-state index in [0.717, 1.165) is 11.1 Å². The number of hydrogen-bond acceptors (Lipinski definition) is 4. The summed E-state index contributed by atoms with van der Waals surface area (Å²) in [6.07, 6.45) is 0. The van der Waals surface area contributed by atoms with E-state index in [1.165, 1.54) is 19.2 Å². The second kappa shape index (κ2) is 8.19. The third-order valence-corrected chi connectivity index (χ3v) is 4.17. The molecule has 0 aromatic heterocycles. The molecule has 0 aliphatic heterocycles. The van der Waals surface area contributed by atoms with Gasteiger partial charge in [-0.25, -0.2) is 0 Å². The van der Waals surface area contributed by atoms with Crippen molar-refractivity contribution in [2.75, 3.05) is 7.11 Å². The maximum atomic E-state index is 13.1. The van der Waals surface area contributed by atoms with Crippen molar-refractivity contribution in [2.45, 2.75) is 5.92 Å². The molecule has 0 heterocycles. The molecule has 0 atom stereocenters. The van der Waals surface area contributed by atoms with Gasteiger partial charge in [0.25, 0.3) is 5.91 Å². The zero-order valence-electron chi connectivity index (χ0n) is 14.8. The summed E-state index contributed by atoms with van der Waals surface area (Å²) in [5.41, 5.74) is 7.10. The van der Waals surface area contributed by atoms with E-state index in [1.807, 2.05) is 60.7 Å². The predicted octanol–water partition coefficient (Wildman–Crippen LogP) is 3.53. The highest BCUT2D eigenvalue weighted by atomic mass is 16.5. The predicted molar refractivity (Wildman–Crippen MR) is 102 cm³/mol. The summed E-state index contributed by atoms with van der Waals surface area (Å²) in [6, 6.07) is 23.2. The molecule has 3 aromatic rings. The Kier molecular flexibility index (Phi) is 5.52. The second-order valence-corrected chi connectivity index (χ2v) is 5.90. The molecule has 0 aliphatic rings. The Morgan fingerprint density at radius 3 is 1.89 bits per heavy atom. The number of hydrogen-bond donors (Lipinski definition) is 1. The number of nitrogens with two attached hydrogens (primary N) is 1. The molecule has 0 bridgehead atoms. The van der Waals surface area contributed by atoms with Crippen LogP contribution in [-0.4, -0.2) is 19.0 Å². The standard InChI is InChI=1S/C22H19NO4/c1-26-17-12-13-18(21(23)24)19(14-17)27-22(25)20(15-8-4-2-5-9-15)16-10-6-3-7-11-16/h2-14,20H,1H3,(H2,23,24). The molecule has 0 aliphatic carbocycles. The molecule has 1 amide bonds. The molecule has 5 nitrogen and oxygen atoms in total. The van der Waals surface area contributed by atoms with Crippen molar-refractivity contribution in [3.63, 3.8) is 0 Å². The smallest absolute Gasteiger partial charge is 0.323 e. The Hall–Kier alpha value is -3.60. The van der Waals surface area contributed by atoms with Gasteiger partial charge in [0, 0.05) is 6.07 Å². The van der Waals surface area contributed by atoms with Crippen molar-refractivity contribution < 1.29 is 19.1 Å². The first-order valence-corrected chi connectivity index (χ1v) is 8.39. The Balaban J connectivity index is 2.00. The first kappa shape index (κ1) is 18.2. The minimum Gasteiger partial charge on any atom is -0.497 e. The van der Waals surface area contributed by atoms with Crippen LogP contribution in [0.2, 0.25) is 0 Å². The van der Waals surface area contributed by atoms with E-state index in [2.05, 4.69) is 0 Å². The van der Waals surface area contributed by atoms with Gasteiger partial charge in [0.05, 0.1) is 12.7 Å². The van der Waals surface area contributed by atoms with Gasteiger partial charge in [0.1, 0.15) is 17.4 Å². The first-order chi connectivity index (χ1) is 13.1. The summed E-state index contributed by atoms with van der Waals surface area (Å²) in [5.74, 6) is -1.30. The zero-order valence-corrected chi connectivity index (χ0v) is 14.8. The highest BCUT2D eigenvalue weighted by molar-refractivity contribution is 5.97. The molecular weight excluding hydrogens is 342 g/mol. The lowest BCUT2D eigenvalue weighted by Gasteiger charge is -2.18. The fourth-order valence-electron chi connectivity index (χ4n) is 2.84. The number of rotatable bonds is 6. The molecule has 0 saturated carbocycles. The maximum absolute atomic E-state index is 13.1. The first-order valence-electron chi connectivity index (χ1n) is 8.39.